The van der Waals surface area contributed by atoms with E-state index in [2.05, 4.69) is 9.48 Å². The molecule has 7 nitrogen and oxygen atoms in total. The van der Waals surface area contributed by atoms with Crippen molar-refractivity contribution < 1.29 is 29.1 Å². The van der Waals surface area contributed by atoms with Crippen LogP contribution in [0.15, 0.2) is 59.1 Å². The molecule has 0 saturated heterocycles. The molecule has 174 valence electrons. The highest BCUT2D eigenvalue weighted by atomic mass is 16.5. The summed E-state index contributed by atoms with van der Waals surface area (Å²) in [5, 5.41) is 21.5. The molecular weight excluding hydrogens is 420 g/mol. The highest BCUT2D eigenvalue weighted by molar-refractivity contribution is 6.63. The van der Waals surface area contributed by atoms with Gasteiger partial charge >= 0.3 is 0 Å². The Morgan fingerprint density at radius 2 is 1.58 bits per heavy atom. The minimum Gasteiger partial charge on any atom is -0.507 e. The third-order valence-corrected chi connectivity index (χ3v) is 6.08. The Bertz CT molecular complexity index is 1140. The van der Waals surface area contributed by atoms with Crippen LogP contribution in [-0.2, 0) is 14.3 Å². The molecule has 33 heavy (non-hydrogen) atoms. The van der Waals surface area contributed by atoms with Gasteiger partial charge in [0.05, 0.1) is 24.3 Å². The van der Waals surface area contributed by atoms with Gasteiger partial charge in [-0.3, -0.25) is 9.59 Å². The summed E-state index contributed by atoms with van der Waals surface area (Å²) in [4.78, 5) is 28.1. The minimum absolute atomic E-state index is 0.00619. The van der Waals surface area contributed by atoms with Crippen LogP contribution in [0.1, 0.15) is 33.3 Å². The van der Waals surface area contributed by atoms with Gasteiger partial charge in [-0.25, -0.2) is 4.58 Å². The number of nitrogens with zero attached hydrogens (tertiary/aromatic N) is 2. The average Bonchev–Trinajstić information content (AvgIpc) is 3.05. The fourth-order valence-electron chi connectivity index (χ4n) is 4.29. The largest absolute Gasteiger partial charge is 0.507 e. The molecule has 3 rings (SSSR count). The molecule has 0 heterocycles. The summed E-state index contributed by atoms with van der Waals surface area (Å²) < 4.78 is 7.55. The van der Waals surface area contributed by atoms with E-state index in [1.54, 1.807) is 36.4 Å². The molecule has 0 bridgehead atoms. The summed E-state index contributed by atoms with van der Waals surface area (Å²) in [5.41, 5.74) is 2.05. The lowest BCUT2D eigenvalue weighted by Gasteiger charge is -2.21. The molecule has 0 atom stereocenters. The van der Waals surface area contributed by atoms with E-state index in [1.165, 1.54) is 7.11 Å². The number of carbonyl (C=O) groups excluding carboxylic acids is 2. The summed E-state index contributed by atoms with van der Waals surface area (Å²) in [6.45, 7) is 11.1. The monoisotopic (exact) mass is 451 g/mol. The van der Waals surface area contributed by atoms with Crippen LogP contribution in [-0.4, -0.2) is 65.4 Å². The predicted octanol–water partition coefficient (Wildman–Crippen LogP) is 3.55. The van der Waals surface area contributed by atoms with Crippen molar-refractivity contribution in [2.24, 2.45) is 0 Å². The Hall–Kier alpha value is -3.61. The number of phenols is 1. The van der Waals surface area contributed by atoms with Crippen molar-refractivity contribution in [1.29, 1.82) is 0 Å². The molecule has 2 aliphatic carbocycles. The van der Waals surface area contributed by atoms with Crippen molar-refractivity contribution in [3.8, 4) is 5.75 Å². The van der Waals surface area contributed by atoms with E-state index in [1.807, 2.05) is 27.7 Å². The zero-order chi connectivity index (χ0) is 24.3. The van der Waals surface area contributed by atoms with Crippen LogP contribution >= 0.6 is 0 Å². The predicted molar refractivity (Wildman–Crippen MR) is 129 cm³/mol. The number of allylic oxidation sites excluding steroid dienone is 5. The maximum absolute atomic E-state index is 13.0. The molecular formula is C26H31N2O5+. The van der Waals surface area contributed by atoms with E-state index in [-0.39, 0.29) is 39.6 Å². The van der Waals surface area contributed by atoms with Gasteiger partial charge in [0.15, 0.2) is 0 Å². The number of hydrogen-bond acceptors (Lipinski definition) is 6. The van der Waals surface area contributed by atoms with Crippen molar-refractivity contribution >= 4 is 28.5 Å². The highest BCUT2D eigenvalue weighted by Crippen LogP contribution is 2.41. The number of ketones is 2. The van der Waals surface area contributed by atoms with Gasteiger partial charge in [0.2, 0.25) is 17.3 Å². The Morgan fingerprint density at radius 1 is 0.939 bits per heavy atom. The number of methoxy groups -OCH3 is 1. The first-order valence-corrected chi connectivity index (χ1v) is 11.2. The standard InChI is InChI=1S/C26H30N2O5/c1-6-27(7-2)16-10-12-18(20(29)14-16)22-24(31)25(32)23(26(22)33-5)19-13-11-17(15-21(19)30)28(8-3)9-4/h10-15H,6-9H2,1-5H3,(H,29,30)/p+1. The molecule has 0 aliphatic heterocycles. The van der Waals surface area contributed by atoms with E-state index < -0.39 is 11.6 Å². The van der Waals surface area contributed by atoms with Gasteiger partial charge in [-0.15, -0.1) is 0 Å². The molecule has 1 aromatic rings. The minimum atomic E-state index is -0.778. The molecule has 0 amide bonds. The number of anilines is 1. The van der Waals surface area contributed by atoms with Crippen LogP contribution in [0.3, 0.4) is 0 Å². The van der Waals surface area contributed by atoms with E-state index in [9.17, 15) is 19.8 Å². The number of aliphatic hydroxyl groups excluding tert-OH is 1. The number of aliphatic hydroxyl groups is 1. The Balaban J connectivity index is 2.17. The molecule has 1 aromatic carbocycles. The van der Waals surface area contributed by atoms with Gasteiger partial charge in [-0.2, -0.15) is 0 Å². The van der Waals surface area contributed by atoms with Gasteiger partial charge in [-0.1, -0.05) is 0 Å². The second kappa shape index (κ2) is 9.90. The van der Waals surface area contributed by atoms with Gasteiger partial charge in [0.1, 0.15) is 30.4 Å². The lowest BCUT2D eigenvalue weighted by Crippen LogP contribution is -2.21. The SMILES string of the molecule is CCN(CC)c1ccc(C2=C(OC)/C(=C3\C=CC(=[N+](CC)CC)C=C3O)C(=O)C2=O)c(O)c1. The lowest BCUT2D eigenvalue weighted by atomic mass is 9.98. The third kappa shape index (κ3) is 4.23. The first kappa shape index (κ1) is 24.0. The molecule has 0 spiro atoms. The summed E-state index contributed by atoms with van der Waals surface area (Å²) in [6.07, 6.45) is 5.00. The fraction of sp³-hybridized carbons (Fsp3) is 0.346. The second-order valence-corrected chi connectivity index (χ2v) is 7.69. The maximum Gasteiger partial charge on any atom is 0.238 e. The highest BCUT2D eigenvalue weighted by Gasteiger charge is 2.41. The van der Waals surface area contributed by atoms with Crippen LogP contribution in [0.4, 0.5) is 5.69 Å². The summed E-state index contributed by atoms with van der Waals surface area (Å²) in [7, 11) is 1.36. The average molecular weight is 452 g/mol. The Morgan fingerprint density at radius 3 is 2.09 bits per heavy atom. The summed E-state index contributed by atoms with van der Waals surface area (Å²) in [5.74, 6) is -1.75. The Kier molecular flexibility index (Phi) is 7.21. The molecule has 7 heteroatoms. The van der Waals surface area contributed by atoms with Crippen LogP contribution in [0, 0.1) is 0 Å². The number of carbonyl (C=O) groups is 2. The van der Waals surface area contributed by atoms with Gasteiger partial charge in [0.25, 0.3) is 0 Å². The Labute approximate surface area is 194 Å². The molecule has 0 unspecified atom stereocenters. The summed E-state index contributed by atoms with van der Waals surface area (Å²) >= 11 is 0. The molecule has 2 N–H and O–H groups in total. The number of aromatic hydroxyl groups is 1. The molecule has 0 saturated carbocycles. The fourth-order valence-corrected chi connectivity index (χ4v) is 4.29. The molecule has 0 radical (unpaired) electrons. The zero-order valence-corrected chi connectivity index (χ0v) is 19.8. The maximum atomic E-state index is 13.0. The number of hydrogen-bond donors (Lipinski definition) is 2. The first-order chi connectivity index (χ1) is 15.8. The number of rotatable bonds is 7. The second-order valence-electron chi connectivity index (χ2n) is 7.69. The van der Waals surface area contributed by atoms with Crippen LogP contribution in [0.25, 0.3) is 5.57 Å². The van der Waals surface area contributed by atoms with Crippen molar-refractivity contribution in [2.45, 2.75) is 27.7 Å². The van der Waals surface area contributed by atoms with Gasteiger partial charge in [0, 0.05) is 42.1 Å². The summed E-state index contributed by atoms with van der Waals surface area (Å²) in [6, 6.07) is 5.00. The zero-order valence-electron chi connectivity index (χ0n) is 19.8. The normalized spacial score (nSPS) is 18.2. The molecule has 2 aliphatic rings. The van der Waals surface area contributed by atoms with Crippen molar-refractivity contribution in [2.75, 3.05) is 38.2 Å². The number of Topliss-reactive ketones (excluding diaryl/α,β-unsaturated/α-hetero) is 2. The number of benzene rings is 1. The third-order valence-electron chi connectivity index (χ3n) is 6.08. The number of ether oxygens (including phenoxy) is 1. The lowest BCUT2D eigenvalue weighted by molar-refractivity contribution is -0.519. The molecule has 0 fully saturated rings. The van der Waals surface area contributed by atoms with E-state index in [0.29, 0.717) is 0 Å². The van der Waals surface area contributed by atoms with Crippen LogP contribution < -0.4 is 4.90 Å². The van der Waals surface area contributed by atoms with Crippen LogP contribution in [0.5, 0.6) is 5.75 Å². The van der Waals surface area contributed by atoms with Crippen molar-refractivity contribution in [3.63, 3.8) is 0 Å². The topological polar surface area (TPSA) is 90.1 Å². The quantitative estimate of drug-likeness (QED) is 0.374. The van der Waals surface area contributed by atoms with E-state index in [4.69, 9.17) is 4.74 Å². The first-order valence-electron chi connectivity index (χ1n) is 11.2. The van der Waals surface area contributed by atoms with Gasteiger partial charge < -0.3 is 19.8 Å². The van der Waals surface area contributed by atoms with Crippen molar-refractivity contribution in [3.05, 3.63) is 64.7 Å². The van der Waals surface area contributed by atoms with E-state index in [0.717, 1.165) is 37.6 Å². The number of phenolic OH excluding ortho intramolecular Hbond substituents is 1. The van der Waals surface area contributed by atoms with Crippen LogP contribution in [0.2, 0.25) is 0 Å². The molecule has 0 aromatic heterocycles. The van der Waals surface area contributed by atoms with Crippen molar-refractivity contribution in [1.82, 2.24) is 0 Å². The van der Waals surface area contributed by atoms with E-state index >= 15 is 0 Å². The smallest absolute Gasteiger partial charge is 0.238 e. The van der Waals surface area contributed by atoms with Gasteiger partial charge in [-0.05, 0) is 45.9 Å².